The molecule has 0 aromatic heterocycles. The molecule has 1 N–H and O–H groups in total. The molecule has 12 heavy (non-hydrogen) atoms. The van der Waals surface area contributed by atoms with Crippen molar-refractivity contribution >= 4 is 11.8 Å². The highest BCUT2D eigenvalue weighted by Crippen LogP contribution is 2.41. The van der Waals surface area contributed by atoms with Crippen LogP contribution in [0, 0.1) is 5.92 Å². The second-order valence-electron chi connectivity index (χ2n) is 4.59. The first-order valence-electron chi connectivity index (χ1n) is 5.10. The van der Waals surface area contributed by atoms with Crippen molar-refractivity contribution < 1.29 is 0 Å². The van der Waals surface area contributed by atoms with E-state index >= 15 is 0 Å². The van der Waals surface area contributed by atoms with Crippen LogP contribution in [0.1, 0.15) is 39.5 Å². The summed E-state index contributed by atoms with van der Waals surface area (Å²) in [5.74, 6) is 2.32. The zero-order valence-electron chi connectivity index (χ0n) is 8.10. The minimum Gasteiger partial charge on any atom is -0.300 e. The van der Waals surface area contributed by atoms with Gasteiger partial charge in [-0.2, -0.15) is 0 Å². The minimum absolute atomic E-state index is 0.407. The largest absolute Gasteiger partial charge is 0.300 e. The molecule has 0 bridgehead atoms. The van der Waals surface area contributed by atoms with Crippen molar-refractivity contribution in [2.45, 2.75) is 50.4 Å². The Labute approximate surface area is 79.7 Å². The summed E-state index contributed by atoms with van der Waals surface area (Å²) in [6, 6.07) is 0.722. The number of rotatable bonds is 2. The molecule has 1 heterocycles. The predicted octanol–water partition coefficient (Wildman–Crippen LogP) is 2.62. The summed E-state index contributed by atoms with van der Waals surface area (Å²) in [5, 5.41) is 3.69. The predicted molar refractivity (Wildman–Crippen MR) is 55.4 cm³/mol. The first kappa shape index (κ1) is 8.89. The maximum atomic E-state index is 3.69. The average molecular weight is 185 g/mol. The Morgan fingerprint density at radius 3 is 2.67 bits per heavy atom. The highest BCUT2D eigenvalue weighted by atomic mass is 32.2. The molecule has 2 rings (SSSR count). The van der Waals surface area contributed by atoms with Crippen molar-refractivity contribution in [3.8, 4) is 0 Å². The molecule has 0 aromatic carbocycles. The van der Waals surface area contributed by atoms with E-state index in [1.54, 1.807) is 0 Å². The van der Waals surface area contributed by atoms with Crippen molar-refractivity contribution in [3.63, 3.8) is 0 Å². The molecule has 70 valence electrons. The van der Waals surface area contributed by atoms with Gasteiger partial charge >= 0.3 is 0 Å². The van der Waals surface area contributed by atoms with E-state index in [9.17, 15) is 0 Å². The zero-order chi connectivity index (χ0) is 8.60. The van der Waals surface area contributed by atoms with Crippen molar-refractivity contribution in [1.29, 1.82) is 0 Å². The van der Waals surface area contributed by atoms with Gasteiger partial charge in [0.2, 0.25) is 0 Å². The highest BCUT2D eigenvalue weighted by Gasteiger charge is 2.36. The van der Waals surface area contributed by atoms with Gasteiger partial charge in [-0.05, 0) is 26.2 Å². The Morgan fingerprint density at radius 1 is 1.50 bits per heavy atom. The lowest BCUT2D eigenvalue weighted by Crippen LogP contribution is -2.40. The van der Waals surface area contributed by atoms with Gasteiger partial charge in [0, 0.05) is 11.8 Å². The SMILES string of the molecule is CC1CSC(C)(CC2CCC2)N1. The third kappa shape index (κ3) is 1.80. The number of nitrogens with one attached hydrogen (secondary N) is 1. The van der Waals surface area contributed by atoms with Crippen molar-refractivity contribution in [3.05, 3.63) is 0 Å². The molecule has 0 spiro atoms. The first-order chi connectivity index (χ1) is 5.68. The quantitative estimate of drug-likeness (QED) is 0.710. The zero-order valence-corrected chi connectivity index (χ0v) is 8.91. The molecule has 1 nitrogen and oxygen atoms in total. The third-order valence-corrected chi connectivity index (χ3v) is 4.69. The molecule has 0 amide bonds. The van der Waals surface area contributed by atoms with E-state index in [0.29, 0.717) is 4.87 Å². The minimum atomic E-state index is 0.407. The molecule has 2 aliphatic rings. The Morgan fingerprint density at radius 2 is 2.25 bits per heavy atom. The van der Waals surface area contributed by atoms with Crippen LogP contribution in [0.3, 0.4) is 0 Å². The van der Waals surface area contributed by atoms with Crippen LogP contribution in [0.2, 0.25) is 0 Å². The van der Waals surface area contributed by atoms with Crippen LogP contribution < -0.4 is 5.32 Å². The van der Waals surface area contributed by atoms with E-state index in [-0.39, 0.29) is 0 Å². The van der Waals surface area contributed by atoms with Crippen molar-refractivity contribution in [1.82, 2.24) is 5.32 Å². The van der Waals surface area contributed by atoms with Gasteiger partial charge in [-0.1, -0.05) is 19.3 Å². The molecule has 1 saturated heterocycles. The topological polar surface area (TPSA) is 12.0 Å². The fraction of sp³-hybridized carbons (Fsp3) is 1.00. The van der Waals surface area contributed by atoms with E-state index in [1.807, 2.05) is 0 Å². The Hall–Kier alpha value is 0.310. The van der Waals surface area contributed by atoms with Crippen LogP contribution in [0.15, 0.2) is 0 Å². The molecular weight excluding hydrogens is 166 g/mol. The Kier molecular flexibility index (Phi) is 2.39. The lowest BCUT2D eigenvalue weighted by molar-refractivity contribution is 0.253. The summed E-state index contributed by atoms with van der Waals surface area (Å²) in [6.07, 6.45) is 5.82. The smallest absolute Gasteiger partial charge is 0.0622 e. The number of hydrogen-bond donors (Lipinski definition) is 1. The fourth-order valence-corrected chi connectivity index (χ4v) is 3.62. The van der Waals surface area contributed by atoms with Crippen molar-refractivity contribution in [2.24, 2.45) is 5.92 Å². The second-order valence-corrected chi connectivity index (χ2v) is 6.11. The maximum absolute atomic E-state index is 3.69. The number of hydrogen-bond acceptors (Lipinski definition) is 2. The lowest BCUT2D eigenvalue weighted by Gasteiger charge is -2.34. The summed E-state index contributed by atoms with van der Waals surface area (Å²) in [5.41, 5.74) is 0. The van der Waals surface area contributed by atoms with Crippen LogP contribution in [0.4, 0.5) is 0 Å². The summed E-state index contributed by atoms with van der Waals surface area (Å²) in [7, 11) is 0. The van der Waals surface area contributed by atoms with Gasteiger partial charge in [0.05, 0.1) is 4.87 Å². The van der Waals surface area contributed by atoms with Crippen LogP contribution in [-0.4, -0.2) is 16.7 Å². The number of thioether (sulfide) groups is 1. The molecule has 1 aliphatic carbocycles. The summed E-state index contributed by atoms with van der Waals surface area (Å²) in [6.45, 7) is 4.67. The molecule has 2 unspecified atom stereocenters. The average Bonchev–Trinajstić information content (AvgIpc) is 2.24. The van der Waals surface area contributed by atoms with Crippen molar-refractivity contribution in [2.75, 3.05) is 5.75 Å². The molecule has 2 heteroatoms. The molecule has 2 atom stereocenters. The molecule has 1 aliphatic heterocycles. The van der Waals surface area contributed by atoms with Gasteiger partial charge in [-0.3, -0.25) is 5.32 Å². The van der Waals surface area contributed by atoms with Gasteiger partial charge in [-0.25, -0.2) is 0 Å². The van der Waals surface area contributed by atoms with Gasteiger partial charge < -0.3 is 0 Å². The molecular formula is C10H19NS. The Bertz CT molecular complexity index is 167. The van der Waals surface area contributed by atoms with Crippen LogP contribution in [-0.2, 0) is 0 Å². The van der Waals surface area contributed by atoms with Crippen LogP contribution in [0.25, 0.3) is 0 Å². The highest BCUT2D eigenvalue weighted by molar-refractivity contribution is 8.00. The monoisotopic (exact) mass is 185 g/mol. The van der Waals surface area contributed by atoms with E-state index in [4.69, 9.17) is 0 Å². The second kappa shape index (κ2) is 3.22. The third-order valence-electron chi connectivity index (χ3n) is 3.11. The Balaban J connectivity index is 1.84. The summed E-state index contributed by atoms with van der Waals surface area (Å²) >= 11 is 2.12. The summed E-state index contributed by atoms with van der Waals surface area (Å²) < 4.78 is 0. The summed E-state index contributed by atoms with van der Waals surface area (Å²) in [4.78, 5) is 0.407. The van der Waals surface area contributed by atoms with Crippen LogP contribution >= 0.6 is 11.8 Å². The first-order valence-corrected chi connectivity index (χ1v) is 6.08. The van der Waals surface area contributed by atoms with Gasteiger partial charge in [0.15, 0.2) is 0 Å². The fourth-order valence-electron chi connectivity index (χ4n) is 2.28. The van der Waals surface area contributed by atoms with Crippen LogP contribution in [0.5, 0.6) is 0 Å². The van der Waals surface area contributed by atoms with Gasteiger partial charge in [0.25, 0.3) is 0 Å². The van der Waals surface area contributed by atoms with Gasteiger partial charge in [0.1, 0.15) is 0 Å². The normalized spacial score (nSPS) is 43.0. The van der Waals surface area contributed by atoms with E-state index in [0.717, 1.165) is 12.0 Å². The maximum Gasteiger partial charge on any atom is 0.0622 e. The molecule has 2 fully saturated rings. The standard InChI is InChI=1S/C10H19NS/c1-8-7-12-10(2,11-8)6-9-4-3-5-9/h8-9,11H,3-7H2,1-2H3. The van der Waals surface area contributed by atoms with Gasteiger partial charge in [-0.15, -0.1) is 11.8 Å². The van der Waals surface area contributed by atoms with E-state index < -0.39 is 0 Å². The molecule has 1 saturated carbocycles. The lowest BCUT2D eigenvalue weighted by atomic mass is 9.81. The van der Waals surface area contributed by atoms with E-state index in [2.05, 4.69) is 30.9 Å². The molecule has 0 aromatic rings. The van der Waals surface area contributed by atoms with E-state index in [1.165, 1.54) is 31.4 Å². The molecule has 0 radical (unpaired) electrons.